The molecule has 1 aromatic carbocycles. The summed E-state index contributed by atoms with van der Waals surface area (Å²) in [6.07, 6.45) is 0.402. The van der Waals surface area contributed by atoms with E-state index in [-0.39, 0.29) is 6.54 Å². The molecule has 0 spiro atoms. The van der Waals surface area contributed by atoms with Gasteiger partial charge >= 0.3 is 12.0 Å². The highest BCUT2D eigenvalue weighted by Crippen LogP contribution is 2.19. The predicted octanol–water partition coefficient (Wildman–Crippen LogP) is 2.45. The van der Waals surface area contributed by atoms with Crippen LogP contribution in [0, 0.1) is 11.2 Å². The number of hydrogen-bond acceptors (Lipinski definition) is 2. The van der Waals surface area contributed by atoms with Gasteiger partial charge < -0.3 is 15.7 Å². The average molecular weight is 268 g/mol. The number of rotatable bonds is 5. The molecule has 0 aliphatic rings. The molecule has 5 nitrogen and oxygen atoms in total. The molecule has 0 aliphatic carbocycles. The second-order valence-corrected chi connectivity index (χ2v) is 4.53. The number of amides is 2. The third-order valence-corrected chi connectivity index (χ3v) is 3.04. The van der Waals surface area contributed by atoms with Gasteiger partial charge in [-0.1, -0.05) is 6.92 Å². The number of carboxylic acids is 1. The van der Waals surface area contributed by atoms with Crippen LogP contribution in [0.1, 0.15) is 20.3 Å². The number of carbonyl (C=O) groups excluding carboxylic acids is 1. The molecule has 0 radical (unpaired) electrons. The number of halogens is 1. The van der Waals surface area contributed by atoms with E-state index in [1.165, 1.54) is 24.3 Å². The summed E-state index contributed by atoms with van der Waals surface area (Å²) in [6, 6.07) is 4.77. The van der Waals surface area contributed by atoms with Gasteiger partial charge in [0.15, 0.2) is 0 Å². The fourth-order valence-corrected chi connectivity index (χ4v) is 1.34. The lowest BCUT2D eigenvalue weighted by Crippen LogP contribution is -2.42. The van der Waals surface area contributed by atoms with Crippen molar-refractivity contribution in [1.82, 2.24) is 5.32 Å². The van der Waals surface area contributed by atoms with Crippen molar-refractivity contribution in [2.24, 2.45) is 5.41 Å². The Kier molecular flexibility index (Phi) is 4.86. The monoisotopic (exact) mass is 268 g/mol. The van der Waals surface area contributed by atoms with Crippen LogP contribution in [-0.2, 0) is 4.79 Å². The number of anilines is 1. The van der Waals surface area contributed by atoms with Crippen molar-refractivity contribution in [2.75, 3.05) is 11.9 Å². The van der Waals surface area contributed by atoms with E-state index in [1.54, 1.807) is 13.8 Å². The molecule has 0 aromatic heterocycles. The van der Waals surface area contributed by atoms with Gasteiger partial charge in [-0.15, -0.1) is 0 Å². The number of carbonyl (C=O) groups is 2. The third kappa shape index (κ3) is 4.24. The van der Waals surface area contributed by atoms with Gasteiger partial charge in [-0.3, -0.25) is 4.79 Å². The van der Waals surface area contributed by atoms with Gasteiger partial charge in [0, 0.05) is 12.2 Å². The Morgan fingerprint density at radius 2 is 1.89 bits per heavy atom. The Hall–Kier alpha value is -2.11. The van der Waals surface area contributed by atoms with Crippen LogP contribution in [-0.4, -0.2) is 23.7 Å². The van der Waals surface area contributed by atoms with Crippen LogP contribution in [0.5, 0.6) is 0 Å². The van der Waals surface area contributed by atoms with Gasteiger partial charge in [-0.05, 0) is 37.6 Å². The molecule has 104 valence electrons. The van der Waals surface area contributed by atoms with Crippen LogP contribution < -0.4 is 10.6 Å². The second-order valence-electron chi connectivity index (χ2n) is 4.53. The van der Waals surface area contributed by atoms with Gasteiger partial charge in [-0.2, -0.15) is 0 Å². The summed E-state index contributed by atoms with van der Waals surface area (Å²) in [5.74, 6) is -1.35. The lowest BCUT2D eigenvalue weighted by molar-refractivity contribution is -0.147. The Morgan fingerprint density at radius 3 is 2.37 bits per heavy atom. The maximum Gasteiger partial charge on any atom is 0.319 e. The summed E-state index contributed by atoms with van der Waals surface area (Å²) < 4.78 is 12.7. The van der Waals surface area contributed by atoms with Gasteiger partial charge in [0.1, 0.15) is 5.82 Å². The zero-order valence-electron chi connectivity index (χ0n) is 10.9. The first kappa shape index (κ1) is 14.9. The number of nitrogens with one attached hydrogen (secondary N) is 2. The van der Waals surface area contributed by atoms with Gasteiger partial charge in [0.25, 0.3) is 0 Å². The molecule has 1 aromatic rings. The molecule has 0 saturated heterocycles. The van der Waals surface area contributed by atoms with E-state index in [0.29, 0.717) is 12.1 Å². The lowest BCUT2D eigenvalue weighted by Gasteiger charge is -2.23. The Morgan fingerprint density at radius 1 is 1.32 bits per heavy atom. The zero-order valence-corrected chi connectivity index (χ0v) is 10.9. The molecule has 1 rings (SSSR count). The fraction of sp³-hybridized carbons (Fsp3) is 0.385. The first-order valence-electron chi connectivity index (χ1n) is 5.91. The molecule has 0 aliphatic heterocycles. The number of urea groups is 1. The summed E-state index contributed by atoms with van der Waals surface area (Å²) in [7, 11) is 0. The first-order valence-corrected chi connectivity index (χ1v) is 5.91. The minimum Gasteiger partial charge on any atom is -0.481 e. The summed E-state index contributed by atoms with van der Waals surface area (Å²) in [5.41, 5.74) is -0.562. The van der Waals surface area contributed by atoms with Crippen molar-refractivity contribution in [2.45, 2.75) is 20.3 Å². The summed E-state index contributed by atoms with van der Waals surface area (Å²) in [6.45, 7) is 3.33. The van der Waals surface area contributed by atoms with Crippen molar-refractivity contribution >= 4 is 17.7 Å². The highest BCUT2D eigenvalue weighted by molar-refractivity contribution is 5.89. The predicted molar refractivity (Wildman–Crippen MR) is 69.5 cm³/mol. The van der Waals surface area contributed by atoms with E-state index in [1.807, 2.05) is 0 Å². The van der Waals surface area contributed by atoms with Crippen molar-refractivity contribution < 1.29 is 19.1 Å². The maximum atomic E-state index is 12.7. The van der Waals surface area contributed by atoms with E-state index < -0.39 is 23.2 Å². The summed E-state index contributed by atoms with van der Waals surface area (Å²) >= 11 is 0. The molecular formula is C13H17FN2O3. The lowest BCUT2D eigenvalue weighted by atomic mass is 9.88. The van der Waals surface area contributed by atoms with Crippen LogP contribution in [0.15, 0.2) is 24.3 Å². The fourth-order valence-electron chi connectivity index (χ4n) is 1.34. The first-order chi connectivity index (χ1) is 8.87. The van der Waals surface area contributed by atoms with E-state index in [0.717, 1.165) is 0 Å². The van der Waals surface area contributed by atoms with Gasteiger partial charge in [-0.25, -0.2) is 9.18 Å². The average Bonchev–Trinajstić information content (AvgIpc) is 2.38. The highest BCUT2D eigenvalue weighted by Gasteiger charge is 2.31. The Bertz CT molecular complexity index is 461. The van der Waals surface area contributed by atoms with Gasteiger partial charge in [0.05, 0.1) is 5.41 Å². The van der Waals surface area contributed by atoms with E-state index in [9.17, 15) is 14.0 Å². The molecule has 0 bridgehead atoms. The quantitative estimate of drug-likeness (QED) is 0.767. The van der Waals surface area contributed by atoms with Crippen molar-refractivity contribution in [1.29, 1.82) is 0 Å². The van der Waals surface area contributed by atoms with Crippen LogP contribution in [0.3, 0.4) is 0 Å². The second kappa shape index (κ2) is 6.17. The Balaban J connectivity index is 2.52. The number of benzene rings is 1. The van der Waals surface area contributed by atoms with Crippen LogP contribution >= 0.6 is 0 Å². The zero-order chi connectivity index (χ0) is 14.5. The molecule has 0 heterocycles. The molecule has 1 atom stereocenters. The van der Waals surface area contributed by atoms with Crippen LogP contribution in [0.4, 0.5) is 14.9 Å². The number of aliphatic carboxylic acids is 1. The largest absolute Gasteiger partial charge is 0.481 e. The van der Waals surface area contributed by atoms with Crippen LogP contribution in [0.25, 0.3) is 0 Å². The summed E-state index contributed by atoms with van der Waals surface area (Å²) in [5, 5.41) is 14.0. The normalized spacial score (nSPS) is 13.4. The van der Waals surface area contributed by atoms with E-state index in [2.05, 4.69) is 10.6 Å². The smallest absolute Gasteiger partial charge is 0.319 e. The molecule has 1 unspecified atom stereocenters. The van der Waals surface area contributed by atoms with Crippen LogP contribution in [0.2, 0.25) is 0 Å². The highest BCUT2D eigenvalue weighted by atomic mass is 19.1. The Labute approximate surface area is 110 Å². The topological polar surface area (TPSA) is 78.4 Å². The third-order valence-electron chi connectivity index (χ3n) is 3.04. The molecular weight excluding hydrogens is 251 g/mol. The molecule has 0 fully saturated rings. The number of hydrogen-bond donors (Lipinski definition) is 3. The molecule has 2 amide bonds. The standard InChI is InChI=1S/C13H17FN2O3/c1-3-13(2,11(17)18)8-15-12(19)16-10-6-4-9(14)5-7-10/h4-7H,3,8H2,1-2H3,(H,17,18)(H2,15,16,19). The minimum absolute atomic E-state index is 0.0197. The van der Waals surface area contributed by atoms with E-state index in [4.69, 9.17) is 5.11 Å². The SMILES string of the molecule is CCC(C)(CNC(=O)Nc1ccc(F)cc1)C(=O)O. The number of carboxylic acid groups (broad SMARTS) is 1. The van der Waals surface area contributed by atoms with Crippen molar-refractivity contribution in [3.63, 3.8) is 0 Å². The molecule has 3 N–H and O–H groups in total. The maximum absolute atomic E-state index is 12.7. The van der Waals surface area contributed by atoms with Crippen molar-refractivity contribution in [3.8, 4) is 0 Å². The van der Waals surface area contributed by atoms with Gasteiger partial charge in [0.2, 0.25) is 0 Å². The molecule has 19 heavy (non-hydrogen) atoms. The molecule has 6 heteroatoms. The minimum atomic E-state index is -1.000. The molecule has 0 saturated carbocycles. The summed E-state index contributed by atoms with van der Waals surface area (Å²) in [4.78, 5) is 22.6. The van der Waals surface area contributed by atoms with E-state index >= 15 is 0 Å². The van der Waals surface area contributed by atoms with Crippen molar-refractivity contribution in [3.05, 3.63) is 30.1 Å².